The highest BCUT2D eigenvalue weighted by Crippen LogP contribution is 2.17. The van der Waals surface area contributed by atoms with Gasteiger partial charge in [-0.2, -0.15) is 0 Å². The molecule has 0 heterocycles. The Morgan fingerprint density at radius 2 is 0.782 bits per heavy atom. The second-order valence-corrected chi connectivity index (χ2v) is 16.9. The SMILES string of the molecule is CCC/C=C\C/C=C\CCCCCCCC(=O)NC(CO)C(O)/C=C/CCCCCCCCCCCCCCCCCCCCCCCCCCCCCC. The van der Waals surface area contributed by atoms with Gasteiger partial charge in [0.2, 0.25) is 5.91 Å². The molecule has 0 saturated carbocycles. The Bertz CT molecular complexity index is 836. The van der Waals surface area contributed by atoms with Gasteiger partial charge in [0, 0.05) is 6.42 Å². The first-order valence-electron chi connectivity index (χ1n) is 24.7. The summed E-state index contributed by atoms with van der Waals surface area (Å²) in [6, 6.07) is -0.629. The molecule has 0 radical (unpaired) electrons. The van der Waals surface area contributed by atoms with Gasteiger partial charge in [-0.15, -0.1) is 0 Å². The van der Waals surface area contributed by atoms with Gasteiger partial charge in [-0.3, -0.25) is 4.79 Å². The van der Waals surface area contributed by atoms with Crippen LogP contribution in [0.3, 0.4) is 0 Å². The first-order chi connectivity index (χ1) is 27.2. The summed E-state index contributed by atoms with van der Waals surface area (Å²) in [5.41, 5.74) is 0. The molecular formula is C51H97NO3. The van der Waals surface area contributed by atoms with Crippen molar-refractivity contribution in [2.24, 2.45) is 0 Å². The lowest BCUT2D eigenvalue weighted by atomic mass is 10.0. The Morgan fingerprint density at radius 3 is 1.16 bits per heavy atom. The third kappa shape index (κ3) is 43.6. The van der Waals surface area contributed by atoms with Crippen molar-refractivity contribution in [3.63, 3.8) is 0 Å². The van der Waals surface area contributed by atoms with Crippen LogP contribution < -0.4 is 5.32 Å². The van der Waals surface area contributed by atoms with Crippen LogP contribution in [0, 0.1) is 0 Å². The Labute approximate surface area is 344 Å². The molecular weight excluding hydrogens is 675 g/mol. The van der Waals surface area contributed by atoms with E-state index in [1.165, 1.54) is 199 Å². The van der Waals surface area contributed by atoms with Crippen molar-refractivity contribution in [1.82, 2.24) is 5.32 Å². The summed E-state index contributed by atoms with van der Waals surface area (Å²) in [6.45, 7) is 4.25. The molecule has 0 rings (SSSR count). The number of rotatable bonds is 45. The molecule has 2 atom stereocenters. The van der Waals surface area contributed by atoms with Crippen molar-refractivity contribution in [3.8, 4) is 0 Å². The molecule has 2 unspecified atom stereocenters. The smallest absolute Gasteiger partial charge is 0.220 e. The lowest BCUT2D eigenvalue weighted by Crippen LogP contribution is -2.45. The molecule has 4 heteroatoms. The molecule has 0 aromatic carbocycles. The van der Waals surface area contributed by atoms with E-state index in [2.05, 4.69) is 43.5 Å². The number of carbonyl (C=O) groups is 1. The topological polar surface area (TPSA) is 69.6 Å². The number of nitrogens with one attached hydrogen (secondary N) is 1. The number of hydrogen-bond donors (Lipinski definition) is 3. The van der Waals surface area contributed by atoms with E-state index in [9.17, 15) is 15.0 Å². The van der Waals surface area contributed by atoms with Crippen LogP contribution >= 0.6 is 0 Å². The first kappa shape index (κ1) is 53.6. The zero-order valence-corrected chi connectivity index (χ0v) is 37.2. The number of hydrogen-bond acceptors (Lipinski definition) is 3. The zero-order chi connectivity index (χ0) is 40.0. The predicted octanol–water partition coefficient (Wildman–Crippen LogP) is 15.7. The minimum absolute atomic E-state index is 0.0775. The Morgan fingerprint density at radius 1 is 0.436 bits per heavy atom. The van der Waals surface area contributed by atoms with Gasteiger partial charge in [0.05, 0.1) is 18.8 Å². The van der Waals surface area contributed by atoms with Crippen molar-refractivity contribution in [2.75, 3.05) is 6.61 Å². The summed E-state index contributed by atoms with van der Waals surface area (Å²) in [7, 11) is 0. The number of amides is 1. The fourth-order valence-electron chi connectivity index (χ4n) is 7.57. The maximum Gasteiger partial charge on any atom is 0.220 e. The second kappa shape index (κ2) is 47.0. The summed E-state index contributed by atoms with van der Waals surface area (Å²) in [6.07, 6.45) is 62.9. The molecule has 0 saturated heterocycles. The van der Waals surface area contributed by atoms with E-state index in [4.69, 9.17) is 0 Å². The van der Waals surface area contributed by atoms with Crippen LogP contribution in [0.1, 0.15) is 264 Å². The van der Waals surface area contributed by atoms with E-state index in [1.54, 1.807) is 6.08 Å². The third-order valence-corrected chi connectivity index (χ3v) is 11.3. The van der Waals surface area contributed by atoms with E-state index < -0.39 is 12.1 Å². The Hall–Kier alpha value is -1.39. The average molecular weight is 772 g/mol. The summed E-state index contributed by atoms with van der Waals surface area (Å²) >= 11 is 0. The molecule has 1 amide bonds. The van der Waals surface area contributed by atoms with Crippen molar-refractivity contribution in [3.05, 3.63) is 36.5 Å². The fourth-order valence-corrected chi connectivity index (χ4v) is 7.57. The number of aliphatic hydroxyl groups is 2. The molecule has 3 N–H and O–H groups in total. The highest BCUT2D eigenvalue weighted by atomic mass is 16.3. The van der Waals surface area contributed by atoms with Crippen LogP contribution in [0.4, 0.5) is 0 Å². The standard InChI is InChI=1S/C51H97NO3/c1-3-5-7-9-11-13-15-17-18-19-20-21-22-23-24-25-26-27-28-29-30-31-32-33-35-36-38-40-42-44-46-50(54)49(48-53)52-51(55)47-45-43-41-39-37-34-16-14-12-10-8-6-4-2/h8,10,14,16,44,46,49-50,53-54H,3-7,9,11-13,15,17-43,45,47-48H2,1-2H3,(H,52,55)/b10-8-,16-14-,46-44+. The molecule has 0 aliphatic rings. The normalized spacial score (nSPS) is 13.2. The summed E-state index contributed by atoms with van der Waals surface area (Å²) < 4.78 is 0. The lowest BCUT2D eigenvalue weighted by molar-refractivity contribution is -0.123. The molecule has 55 heavy (non-hydrogen) atoms. The molecule has 0 aromatic heterocycles. The van der Waals surface area contributed by atoms with Gasteiger partial charge in [-0.1, -0.05) is 249 Å². The molecule has 324 valence electrons. The van der Waals surface area contributed by atoms with Gasteiger partial charge in [-0.05, 0) is 44.9 Å². The van der Waals surface area contributed by atoms with Crippen molar-refractivity contribution in [1.29, 1.82) is 0 Å². The van der Waals surface area contributed by atoms with Crippen molar-refractivity contribution in [2.45, 2.75) is 276 Å². The minimum Gasteiger partial charge on any atom is -0.394 e. The maximum absolute atomic E-state index is 12.4. The molecule has 0 aliphatic carbocycles. The van der Waals surface area contributed by atoms with Gasteiger partial charge in [0.15, 0.2) is 0 Å². The summed E-state index contributed by atoms with van der Waals surface area (Å²) in [5.74, 6) is -0.0775. The molecule has 0 spiro atoms. The lowest BCUT2D eigenvalue weighted by Gasteiger charge is -2.20. The van der Waals surface area contributed by atoms with Gasteiger partial charge in [0.25, 0.3) is 0 Å². The zero-order valence-electron chi connectivity index (χ0n) is 37.2. The quantitative estimate of drug-likeness (QED) is 0.0426. The monoisotopic (exact) mass is 772 g/mol. The third-order valence-electron chi connectivity index (χ3n) is 11.3. The number of carbonyl (C=O) groups excluding carboxylic acids is 1. The number of allylic oxidation sites excluding steroid dienone is 5. The predicted molar refractivity (Wildman–Crippen MR) is 244 cm³/mol. The van der Waals surface area contributed by atoms with E-state index >= 15 is 0 Å². The Balaban J connectivity index is 3.46. The molecule has 0 aromatic rings. The fraction of sp³-hybridized carbons (Fsp3) is 0.863. The average Bonchev–Trinajstić information content (AvgIpc) is 3.19. The largest absolute Gasteiger partial charge is 0.394 e. The van der Waals surface area contributed by atoms with E-state index in [1.807, 2.05) is 6.08 Å². The van der Waals surface area contributed by atoms with E-state index in [0.29, 0.717) is 6.42 Å². The molecule has 0 aliphatic heterocycles. The molecule has 0 fully saturated rings. The highest BCUT2D eigenvalue weighted by molar-refractivity contribution is 5.76. The van der Waals surface area contributed by atoms with Gasteiger partial charge < -0.3 is 15.5 Å². The summed E-state index contributed by atoms with van der Waals surface area (Å²) in [4.78, 5) is 12.4. The molecule has 0 bridgehead atoms. The van der Waals surface area contributed by atoms with Gasteiger partial charge >= 0.3 is 0 Å². The van der Waals surface area contributed by atoms with Crippen LogP contribution in [0.5, 0.6) is 0 Å². The van der Waals surface area contributed by atoms with Crippen molar-refractivity contribution >= 4 is 5.91 Å². The van der Waals surface area contributed by atoms with Crippen LogP contribution in [-0.2, 0) is 4.79 Å². The van der Waals surface area contributed by atoms with Gasteiger partial charge in [0.1, 0.15) is 0 Å². The van der Waals surface area contributed by atoms with E-state index in [0.717, 1.165) is 44.9 Å². The number of aliphatic hydroxyl groups excluding tert-OH is 2. The highest BCUT2D eigenvalue weighted by Gasteiger charge is 2.18. The van der Waals surface area contributed by atoms with E-state index in [-0.39, 0.29) is 12.5 Å². The van der Waals surface area contributed by atoms with Crippen LogP contribution in [-0.4, -0.2) is 34.9 Å². The Kier molecular flexibility index (Phi) is 45.8. The second-order valence-electron chi connectivity index (χ2n) is 16.9. The molecule has 4 nitrogen and oxygen atoms in total. The maximum atomic E-state index is 12.4. The summed E-state index contributed by atoms with van der Waals surface area (Å²) in [5, 5.41) is 23.0. The van der Waals surface area contributed by atoms with Crippen molar-refractivity contribution < 1.29 is 15.0 Å². The first-order valence-corrected chi connectivity index (χ1v) is 24.7. The van der Waals surface area contributed by atoms with Crippen LogP contribution in [0.2, 0.25) is 0 Å². The van der Waals surface area contributed by atoms with Crippen LogP contribution in [0.25, 0.3) is 0 Å². The minimum atomic E-state index is -0.845. The van der Waals surface area contributed by atoms with Gasteiger partial charge in [-0.25, -0.2) is 0 Å². The van der Waals surface area contributed by atoms with Crippen LogP contribution in [0.15, 0.2) is 36.5 Å². The number of unbranched alkanes of at least 4 members (excludes halogenated alkanes) is 34.